The first kappa shape index (κ1) is 13.2. The van der Waals surface area contributed by atoms with Crippen molar-refractivity contribution in [2.24, 2.45) is 0 Å². The maximum absolute atomic E-state index is 9.78. The average Bonchev–Trinajstić information content (AvgIpc) is 2.55. The number of hydrogen-bond donors (Lipinski definition) is 2. The number of fused-ring (bicyclic) bond motifs is 1. The number of anilines is 1. The molecule has 1 atom stereocenters. The second-order valence-corrected chi connectivity index (χ2v) is 6.41. The Labute approximate surface area is 111 Å². The van der Waals surface area contributed by atoms with Crippen LogP contribution in [0.4, 0.5) is 5.82 Å². The van der Waals surface area contributed by atoms with E-state index >= 15 is 0 Å². The van der Waals surface area contributed by atoms with Crippen molar-refractivity contribution in [1.29, 1.82) is 0 Å². The van der Waals surface area contributed by atoms with Gasteiger partial charge in [-0.05, 0) is 40.2 Å². The number of aromatic nitrogens is 2. The molecule has 18 heavy (non-hydrogen) atoms. The predicted octanol–water partition coefficient (Wildman–Crippen LogP) is 2.88. The molecule has 5 heteroatoms. The van der Waals surface area contributed by atoms with E-state index in [-0.39, 0.29) is 0 Å². The highest BCUT2D eigenvalue weighted by atomic mass is 32.1. The van der Waals surface area contributed by atoms with E-state index in [1.165, 1.54) is 10.4 Å². The van der Waals surface area contributed by atoms with Crippen molar-refractivity contribution in [2.75, 3.05) is 5.32 Å². The molecule has 0 radical (unpaired) electrons. The topological polar surface area (TPSA) is 58.0 Å². The lowest BCUT2D eigenvalue weighted by Crippen LogP contribution is -2.42. The van der Waals surface area contributed by atoms with E-state index in [9.17, 15) is 5.11 Å². The molecular weight excluding hydrogens is 246 g/mol. The number of nitrogens with zero attached hydrogens (tertiary/aromatic N) is 2. The van der Waals surface area contributed by atoms with Gasteiger partial charge in [-0.1, -0.05) is 0 Å². The maximum atomic E-state index is 9.78. The third-order valence-electron chi connectivity index (χ3n) is 3.45. The fourth-order valence-electron chi connectivity index (χ4n) is 1.69. The highest BCUT2D eigenvalue weighted by Gasteiger charge is 2.25. The molecule has 0 aliphatic heterocycles. The molecule has 0 aromatic carbocycles. The van der Waals surface area contributed by atoms with Crippen molar-refractivity contribution in [3.05, 3.63) is 16.8 Å². The fourth-order valence-corrected chi connectivity index (χ4v) is 2.68. The highest BCUT2D eigenvalue weighted by Crippen LogP contribution is 2.33. The van der Waals surface area contributed by atoms with Crippen molar-refractivity contribution >= 4 is 27.4 Å². The quantitative estimate of drug-likeness (QED) is 0.896. The summed E-state index contributed by atoms with van der Waals surface area (Å²) in [6.45, 7) is 9.86. The van der Waals surface area contributed by atoms with Crippen LogP contribution < -0.4 is 5.32 Å². The Balaban J connectivity index is 2.52. The second-order valence-electron chi connectivity index (χ2n) is 5.21. The van der Waals surface area contributed by atoms with Gasteiger partial charge in [0.25, 0.3) is 0 Å². The minimum Gasteiger partial charge on any atom is -0.391 e. The minimum absolute atomic E-state index is 0.427. The van der Waals surface area contributed by atoms with E-state index in [0.717, 1.165) is 16.0 Å². The van der Waals surface area contributed by atoms with Gasteiger partial charge in [0.15, 0.2) is 0 Å². The average molecular weight is 265 g/mol. The number of aliphatic hydroxyl groups is 1. The van der Waals surface area contributed by atoms with E-state index in [4.69, 9.17) is 0 Å². The SMILES string of the molecule is Cc1sc2ncnc(NC(C)(C)C(C)O)c2c1C. The summed E-state index contributed by atoms with van der Waals surface area (Å²) in [5, 5.41) is 14.2. The number of aryl methyl sites for hydroxylation is 2. The van der Waals surface area contributed by atoms with Crippen LogP contribution in [0, 0.1) is 13.8 Å². The molecule has 2 aromatic heterocycles. The molecule has 1 unspecified atom stereocenters. The highest BCUT2D eigenvalue weighted by molar-refractivity contribution is 7.18. The van der Waals surface area contributed by atoms with Gasteiger partial charge in [-0.15, -0.1) is 11.3 Å². The molecule has 98 valence electrons. The largest absolute Gasteiger partial charge is 0.391 e. The van der Waals surface area contributed by atoms with Gasteiger partial charge < -0.3 is 10.4 Å². The third kappa shape index (κ3) is 2.20. The molecule has 0 spiro atoms. The molecule has 2 heterocycles. The van der Waals surface area contributed by atoms with Gasteiger partial charge in [0.2, 0.25) is 0 Å². The van der Waals surface area contributed by atoms with E-state index in [2.05, 4.69) is 29.1 Å². The van der Waals surface area contributed by atoms with Crippen LogP contribution in [0.25, 0.3) is 10.2 Å². The summed E-state index contributed by atoms with van der Waals surface area (Å²) in [7, 11) is 0. The van der Waals surface area contributed by atoms with Gasteiger partial charge in [0, 0.05) is 4.88 Å². The van der Waals surface area contributed by atoms with E-state index < -0.39 is 11.6 Å². The molecule has 0 saturated heterocycles. The molecule has 2 aromatic rings. The number of hydrogen-bond acceptors (Lipinski definition) is 5. The van der Waals surface area contributed by atoms with Crippen LogP contribution >= 0.6 is 11.3 Å². The Bertz CT molecular complexity index is 575. The van der Waals surface area contributed by atoms with Crippen LogP contribution in [0.1, 0.15) is 31.2 Å². The van der Waals surface area contributed by atoms with Gasteiger partial charge >= 0.3 is 0 Å². The Morgan fingerprint density at radius 1 is 1.33 bits per heavy atom. The van der Waals surface area contributed by atoms with Crippen LogP contribution in [0.15, 0.2) is 6.33 Å². The van der Waals surface area contributed by atoms with Gasteiger partial charge in [-0.25, -0.2) is 9.97 Å². The Hall–Kier alpha value is -1.20. The van der Waals surface area contributed by atoms with Crippen LogP contribution in [0.2, 0.25) is 0 Å². The number of rotatable bonds is 3. The Kier molecular flexibility index (Phi) is 3.29. The molecule has 2 rings (SSSR count). The van der Waals surface area contributed by atoms with Crippen molar-refractivity contribution < 1.29 is 5.11 Å². The smallest absolute Gasteiger partial charge is 0.138 e. The van der Waals surface area contributed by atoms with Gasteiger partial charge in [0.05, 0.1) is 17.0 Å². The summed E-state index contributed by atoms with van der Waals surface area (Å²) in [5.41, 5.74) is 0.781. The van der Waals surface area contributed by atoms with Gasteiger partial charge in [-0.2, -0.15) is 0 Å². The van der Waals surface area contributed by atoms with Crippen LogP contribution in [0.3, 0.4) is 0 Å². The first-order valence-electron chi connectivity index (χ1n) is 6.00. The van der Waals surface area contributed by atoms with Gasteiger partial charge in [-0.3, -0.25) is 0 Å². The molecule has 0 bridgehead atoms. The third-order valence-corrected chi connectivity index (χ3v) is 4.57. The summed E-state index contributed by atoms with van der Waals surface area (Å²) in [6, 6.07) is 0. The predicted molar refractivity (Wildman–Crippen MR) is 76.3 cm³/mol. The van der Waals surface area contributed by atoms with Crippen LogP contribution in [-0.2, 0) is 0 Å². The molecule has 2 N–H and O–H groups in total. The summed E-state index contributed by atoms with van der Waals surface area (Å²) in [5.74, 6) is 0.799. The summed E-state index contributed by atoms with van der Waals surface area (Å²) in [4.78, 5) is 10.9. The lowest BCUT2D eigenvalue weighted by molar-refractivity contribution is 0.133. The first-order chi connectivity index (χ1) is 8.33. The van der Waals surface area contributed by atoms with E-state index in [1.54, 1.807) is 24.6 Å². The van der Waals surface area contributed by atoms with Crippen molar-refractivity contribution in [3.8, 4) is 0 Å². The Morgan fingerprint density at radius 3 is 2.61 bits per heavy atom. The fraction of sp³-hybridized carbons (Fsp3) is 0.538. The van der Waals surface area contributed by atoms with Crippen LogP contribution in [0.5, 0.6) is 0 Å². The van der Waals surface area contributed by atoms with Gasteiger partial charge in [0.1, 0.15) is 17.0 Å². The standard InChI is InChI=1S/C13H19N3OS/c1-7-8(2)18-12-10(7)11(14-6-15-12)16-13(4,5)9(3)17/h6,9,17H,1-5H3,(H,14,15,16). The second kappa shape index (κ2) is 4.48. The molecule has 4 nitrogen and oxygen atoms in total. The first-order valence-corrected chi connectivity index (χ1v) is 6.81. The minimum atomic E-state index is -0.470. The molecule has 0 aliphatic rings. The van der Waals surface area contributed by atoms with Crippen molar-refractivity contribution in [3.63, 3.8) is 0 Å². The monoisotopic (exact) mass is 265 g/mol. The zero-order valence-electron chi connectivity index (χ0n) is 11.4. The molecular formula is C13H19N3OS. The summed E-state index contributed by atoms with van der Waals surface area (Å²) >= 11 is 1.67. The normalized spacial score (nSPS) is 13.9. The zero-order chi connectivity index (χ0) is 13.5. The molecule has 0 aliphatic carbocycles. The zero-order valence-corrected chi connectivity index (χ0v) is 12.2. The molecule has 0 saturated carbocycles. The number of nitrogens with one attached hydrogen (secondary N) is 1. The lowest BCUT2D eigenvalue weighted by Gasteiger charge is -2.30. The van der Waals surface area contributed by atoms with Crippen molar-refractivity contribution in [2.45, 2.75) is 46.3 Å². The Morgan fingerprint density at radius 2 is 2.00 bits per heavy atom. The number of thiophene rings is 1. The summed E-state index contributed by atoms with van der Waals surface area (Å²) < 4.78 is 0. The van der Waals surface area contributed by atoms with Crippen molar-refractivity contribution in [1.82, 2.24) is 9.97 Å². The number of aliphatic hydroxyl groups excluding tert-OH is 1. The molecule has 0 fully saturated rings. The van der Waals surface area contributed by atoms with E-state index in [0.29, 0.717) is 0 Å². The van der Waals surface area contributed by atoms with Crippen LogP contribution in [-0.4, -0.2) is 26.7 Å². The maximum Gasteiger partial charge on any atom is 0.138 e. The molecule has 0 amide bonds. The van der Waals surface area contributed by atoms with E-state index in [1.807, 2.05) is 13.8 Å². The summed E-state index contributed by atoms with van der Waals surface area (Å²) in [6.07, 6.45) is 1.10. The lowest BCUT2D eigenvalue weighted by atomic mass is 9.98.